The first-order valence-corrected chi connectivity index (χ1v) is 1.72. The van der Waals surface area contributed by atoms with Crippen molar-refractivity contribution in [2.75, 3.05) is 7.05 Å². The highest BCUT2D eigenvalue weighted by Crippen LogP contribution is 1.39. The Morgan fingerprint density at radius 3 is 2.00 bits per heavy atom. The number of hydrogen-bond donors (Lipinski definition) is 2. The first kappa shape index (κ1) is 9.46. The predicted molar refractivity (Wildman–Crippen MR) is 24.5 cm³/mol. The summed E-state index contributed by atoms with van der Waals surface area (Å²) >= 11 is 4.47. The van der Waals surface area contributed by atoms with E-state index in [9.17, 15) is 0 Å². The van der Waals surface area contributed by atoms with Crippen LogP contribution in [0.4, 0.5) is 0 Å². The molecule has 0 aliphatic heterocycles. The second-order valence-electron chi connectivity index (χ2n) is 0.673. The Morgan fingerprint density at radius 2 is 2.00 bits per heavy atom. The van der Waals surface area contributed by atoms with Crippen molar-refractivity contribution >= 4 is 17.3 Å². The molecule has 0 aliphatic carbocycles. The number of halogens is 1. The Balaban J connectivity index is 0. The zero-order valence-electron chi connectivity index (χ0n) is 3.49. The molecular weight excluding hydrogens is 120 g/mol. The molecule has 2 nitrogen and oxygen atoms in total. The molecule has 38 valence electrons. The molecule has 6 heavy (non-hydrogen) atoms. The molecule has 0 heterocycles. The Hall–Kier alpha value is 0.140. The zero-order valence-corrected chi connectivity index (χ0v) is 5.07. The largest absolute Gasteiger partial charge is 1.00 e. The third-order valence-electron chi connectivity index (χ3n) is 0.279. The van der Waals surface area contributed by atoms with Crippen LogP contribution in [0.5, 0.6) is 0 Å². The maximum absolute atomic E-state index is 4.47. The molecule has 0 fully saturated rings. The van der Waals surface area contributed by atoms with Gasteiger partial charge in [0.15, 0.2) is 0 Å². The lowest BCUT2D eigenvalue weighted by Crippen LogP contribution is -3.00. The number of nitrogens with one attached hydrogen (secondary N) is 1. The smallest absolute Gasteiger partial charge is 0.264 e. The predicted octanol–water partition coefficient (Wildman–Crippen LogP) is -4.26. The summed E-state index contributed by atoms with van der Waals surface area (Å²) in [5.74, 6) is 0. The van der Waals surface area contributed by atoms with Gasteiger partial charge in [0.2, 0.25) is 0 Å². The summed E-state index contributed by atoms with van der Waals surface area (Å²) in [5, 5.41) is 3.24. The van der Waals surface area contributed by atoms with Crippen LogP contribution in [0.2, 0.25) is 0 Å². The van der Waals surface area contributed by atoms with Crippen molar-refractivity contribution in [3.8, 4) is 0 Å². The highest BCUT2D eigenvalue weighted by molar-refractivity contribution is 7.79. The van der Waals surface area contributed by atoms with Gasteiger partial charge in [-0.3, -0.25) is 0 Å². The Bertz CT molecular complexity index is 46.8. The van der Waals surface area contributed by atoms with Gasteiger partial charge in [0, 0.05) is 19.3 Å². The second-order valence-corrected chi connectivity index (χ2v) is 1.17. The summed E-state index contributed by atoms with van der Waals surface area (Å²) in [5.41, 5.74) is 3.38. The monoisotopic (exact) mass is 126 g/mol. The second kappa shape index (κ2) is 5.14. The summed E-state index contributed by atoms with van der Waals surface area (Å²) in [7, 11) is 1.75. The number of rotatable bonds is 0. The average Bonchev–Trinajstić information content (AvgIpc) is 1.38. The molecule has 0 aromatic carbocycles. The zero-order chi connectivity index (χ0) is 4.28. The van der Waals surface area contributed by atoms with Crippen LogP contribution >= 0.6 is 12.2 Å². The summed E-state index contributed by atoms with van der Waals surface area (Å²) < 4.78 is 0. The first-order valence-electron chi connectivity index (χ1n) is 1.31. The van der Waals surface area contributed by atoms with E-state index in [1.165, 1.54) is 0 Å². The molecule has 4 heteroatoms. The van der Waals surface area contributed by atoms with Crippen molar-refractivity contribution in [1.29, 1.82) is 0 Å². The van der Waals surface area contributed by atoms with E-state index in [-0.39, 0.29) is 12.4 Å². The van der Waals surface area contributed by atoms with Gasteiger partial charge in [0.25, 0.3) is 5.11 Å². The number of hydrogen-bond acceptors (Lipinski definition) is 1. The van der Waals surface area contributed by atoms with E-state index in [0.717, 1.165) is 0 Å². The summed E-state index contributed by atoms with van der Waals surface area (Å²) in [6.07, 6.45) is 0. The van der Waals surface area contributed by atoms with Crippen LogP contribution in [-0.2, 0) is 0 Å². The molecule has 0 aromatic rings. The average molecular weight is 127 g/mol. The summed E-state index contributed by atoms with van der Waals surface area (Å²) in [4.78, 5) is 0. The first-order chi connectivity index (χ1) is 2.27. The van der Waals surface area contributed by atoms with Crippen molar-refractivity contribution in [1.82, 2.24) is 5.32 Å². The fourth-order valence-corrected chi connectivity index (χ4v) is 0. The van der Waals surface area contributed by atoms with E-state index in [2.05, 4.69) is 23.3 Å². The maximum Gasteiger partial charge on any atom is 0.264 e. The Morgan fingerprint density at radius 1 is 1.83 bits per heavy atom. The van der Waals surface area contributed by atoms with Crippen LogP contribution in [-0.4, -0.2) is 12.2 Å². The standard InChI is InChI=1S/C2H6N2S.ClH/c1-4-2(3)5;/h1H3,(H3,3,4,5);1H. The van der Waals surface area contributed by atoms with Crippen molar-refractivity contribution in [2.24, 2.45) is 0 Å². The maximum atomic E-state index is 4.47. The molecule has 0 radical (unpaired) electrons. The molecule has 0 spiro atoms. The van der Waals surface area contributed by atoms with Crippen LogP contribution in [0.25, 0.3) is 0 Å². The molecule has 0 aromatic heterocycles. The lowest BCUT2D eigenvalue weighted by Gasteiger charge is -1.79. The van der Waals surface area contributed by atoms with Crippen molar-refractivity contribution in [2.45, 2.75) is 0 Å². The van der Waals surface area contributed by atoms with Crippen LogP contribution in [0.1, 0.15) is 0 Å². The van der Waals surface area contributed by atoms with Gasteiger partial charge in [-0.25, -0.2) is 0 Å². The highest BCUT2D eigenvalue weighted by Gasteiger charge is 1.73. The van der Waals surface area contributed by atoms with Gasteiger partial charge in [-0.2, -0.15) is 0 Å². The lowest BCUT2D eigenvalue weighted by molar-refractivity contribution is -0.214. The van der Waals surface area contributed by atoms with Gasteiger partial charge in [0.05, 0.1) is 0 Å². The van der Waals surface area contributed by atoms with Crippen LogP contribution in [0, 0.1) is 0 Å². The summed E-state index contributed by atoms with van der Waals surface area (Å²) in [6.45, 7) is 0. The van der Waals surface area contributed by atoms with E-state index in [1.807, 2.05) is 0 Å². The van der Waals surface area contributed by atoms with Gasteiger partial charge < -0.3 is 23.5 Å². The van der Waals surface area contributed by atoms with Crippen LogP contribution in [0.15, 0.2) is 0 Å². The van der Waals surface area contributed by atoms with Gasteiger partial charge in [-0.1, -0.05) is 0 Å². The molecule has 0 atom stereocenters. The van der Waals surface area contributed by atoms with E-state index >= 15 is 0 Å². The molecule has 0 rings (SSSR count). The fourth-order valence-electron chi connectivity index (χ4n) is 0. The SMILES string of the molecule is CNC([NH3+])=S.[Cl-]. The van der Waals surface area contributed by atoms with Crippen LogP contribution in [0.3, 0.4) is 0 Å². The number of quaternary nitrogens is 1. The highest BCUT2D eigenvalue weighted by atomic mass is 35.5. The van der Waals surface area contributed by atoms with Crippen LogP contribution < -0.4 is 23.5 Å². The van der Waals surface area contributed by atoms with E-state index in [1.54, 1.807) is 7.05 Å². The molecular formula is C2H7ClN2S. The third kappa shape index (κ3) is 8.91. The topological polar surface area (TPSA) is 39.7 Å². The molecule has 0 unspecified atom stereocenters. The minimum Gasteiger partial charge on any atom is -1.00 e. The van der Waals surface area contributed by atoms with Gasteiger partial charge >= 0.3 is 0 Å². The van der Waals surface area contributed by atoms with Crippen molar-refractivity contribution in [3.63, 3.8) is 0 Å². The van der Waals surface area contributed by atoms with Gasteiger partial charge in [-0.15, -0.1) is 0 Å². The molecule has 0 aliphatic rings. The minimum atomic E-state index is 0. The Labute approximate surface area is 48.5 Å². The van der Waals surface area contributed by atoms with Crippen molar-refractivity contribution in [3.05, 3.63) is 0 Å². The van der Waals surface area contributed by atoms with E-state index < -0.39 is 0 Å². The number of thiocarbonyl (C=S) groups is 1. The molecule has 0 saturated carbocycles. The normalized spacial score (nSPS) is 5.67. The molecule has 4 N–H and O–H groups in total. The lowest BCUT2D eigenvalue weighted by atomic mass is 11.1. The minimum absolute atomic E-state index is 0. The van der Waals surface area contributed by atoms with E-state index in [0.29, 0.717) is 5.11 Å². The fraction of sp³-hybridized carbons (Fsp3) is 0.500. The van der Waals surface area contributed by atoms with Gasteiger partial charge in [0.1, 0.15) is 0 Å². The third-order valence-corrected chi connectivity index (χ3v) is 0.483. The van der Waals surface area contributed by atoms with E-state index in [4.69, 9.17) is 0 Å². The van der Waals surface area contributed by atoms with Crippen molar-refractivity contribution < 1.29 is 18.1 Å². The quantitative estimate of drug-likeness (QED) is 0.323. The summed E-state index contributed by atoms with van der Waals surface area (Å²) in [6, 6.07) is 0. The molecule has 0 amide bonds. The Kier molecular flexibility index (Phi) is 8.11. The molecule has 0 bridgehead atoms. The molecule has 0 saturated heterocycles. The van der Waals surface area contributed by atoms with Gasteiger partial charge in [-0.05, 0) is 0 Å².